The summed E-state index contributed by atoms with van der Waals surface area (Å²) in [5.74, 6) is -1.02. The van der Waals surface area contributed by atoms with Crippen LogP contribution in [-0.2, 0) is 16.4 Å². The van der Waals surface area contributed by atoms with E-state index in [1.54, 1.807) is 30.3 Å². The van der Waals surface area contributed by atoms with Crippen molar-refractivity contribution in [2.45, 2.75) is 11.7 Å². The van der Waals surface area contributed by atoms with Crippen LogP contribution in [-0.4, -0.2) is 23.5 Å². The lowest BCUT2D eigenvalue weighted by atomic mass is 10.0. The molecule has 7 heteroatoms. The Hall–Kier alpha value is -4.13. The van der Waals surface area contributed by atoms with E-state index < -0.39 is 21.2 Å². The Bertz CT molecular complexity index is 1740. The second-order valence-corrected chi connectivity index (χ2v) is 11.3. The van der Waals surface area contributed by atoms with Gasteiger partial charge in [-0.15, -0.1) is 6.58 Å². The summed E-state index contributed by atoms with van der Waals surface area (Å²) >= 11 is 6.22. The number of carbonyl (C=O) groups is 1. The largest absolute Gasteiger partial charge is 0.478 e. The van der Waals surface area contributed by atoms with Crippen LogP contribution in [0.5, 0.6) is 0 Å². The standard InChI is InChI=1S/C31H24ClNO4S/c1-2-30(24-14-12-23(13-15-24)22-6-4-3-5-7-22)38(36,37)33-28(20-26-19-27(32)16-17-29(26)33)18-21-8-10-25(11-9-21)31(34)35/h2-17,19-20,30H,1,18H2,(H,34,35). The molecule has 5 rings (SSSR count). The molecule has 0 radical (unpaired) electrons. The molecule has 0 saturated carbocycles. The molecule has 1 unspecified atom stereocenters. The summed E-state index contributed by atoms with van der Waals surface area (Å²) < 4.78 is 29.8. The van der Waals surface area contributed by atoms with Gasteiger partial charge in [-0.2, -0.15) is 0 Å². The van der Waals surface area contributed by atoms with Crippen molar-refractivity contribution < 1.29 is 18.3 Å². The van der Waals surface area contributed by atoms with Gasteiger partial charge in [0.1, 0.15) is 5.25 Å². The van der Waals surface area contributed by atoms with Gasteiger partial charge < -0.3 is 5.11 Å². The zero-order valence-electron chi connectivity index (χ0n) is 20.3. The minimum absolute atomic E-state index is 0.166. The average molecular weight is 542 g/mol. The Kier molecular flexibility index (Phi) is 6.93. The van der Waals surface area contributed by atoms with Crippen LogP contribution in [0.3, 0.4) is 0 Å². The van der Waals surface area contributed by atoms with Gasteiger partial charge in [-0.05, 0) is 58.7 Å². The smallest absolute Gasteiger partial charge is 0.335 e. The van der Waals surface area contributed by atoms with Crippen LogP contribution in [0.4, 0.5) is 0 Å². The molecule has 0 bridgehead atoms. The fraction of sp³-hybridized carbons (Fsp3) is 0.0645. The lowest BCUT2D eigenvalue weighted by Gasteiger charge is -2.19. The Balaban J connectivity index is 1.58. The van der Waals surface area contributed by atoms with Gasteiger partial charge in [0.15, 0.2) is 0 Å². The molecule has 0 saturated heterocycles. The fourth-order valence-corrected chi connectivity index (χ4v) is 6.69. The van der Waals surface area contributed by atoms with Crippen LogP contribution >= 0.6 is 11.6 Å². The molecule has 1 heterocycles. The first-order valence-electron chi connectivity index (χ1n) is 11.9. The number of hydrogen-bond donors (Lipinski definition) is 1. The number of halogens is 1. The van der Waals surface area contributed by atoms with E-state index in [9.17, 15) is 18.3 Å². The molecule has 0 aliphatic heterocycles. The van der Waals surface area contributed by atoms with Crippen LogP contribution in [0.25, 0.3) is 22.0 Å². The Morgan fingerprint density at radius 2 is 1.55 bits per heavy atom. The molecule has 0 spiro atoms. The quantitative estimate of drug-likeness (QED) is 0.208. The normalized spacial score (nSPS) is 12.3. The third kappa shape index (κ3) is 4.88. The van der Waals surface area contributed by atoms with Crippen molar-refractivity contribution in [3.05, 3.63) is 143 Å². The molecule has 38 heavy (non-hydrogen) atoms. The average Bonchev–Trinajstić information content (AvgIpc) is 3.27. The molecule has 0 aliphatic rings. The Morgan fingerprint density at radius 3 is 2.18 bits per heavy atom. The Morgan fingerprint density at radius 1 is 0.895 bits per heavy atom. The summed E-state index contributed by atoms with van der Waals surface area (Å²) in [5, 5.41) is 9.41. The lowest BCUT2D eigenvalue weighted by Crippen LogP contribution is -2.22. The van der Waals surface area contributed by atoms with E-state index in [4.69, 9.17) is 11.6 Å². The molecule has 4 aromatic carbocycles. The van der Waals surface area contributed by atoms with Crippen molar-refractivity contribution in [3.8, 4) is 11.1 Å². The molecule has 1 N–H and O–H groups in total. The molecule has 190 valence electrons. The molecule has 0 aliphatic carbocycles. The maximum absolute atomic E-state index is 14.2. The number of hydrogen-bond acceptors (Lipinski definition) is 3. The number of rotatable bonds is 8. The van der Waals surface area contributed by atoms with Gasteiger partial charge in [-0.1, -0.05) is 84.4 Å². The third-order valence-electron chi connectivity index (χ3n) is 6.51. The first-order chi connectivity index (χ1) is 18.3. The summed E-state index contributed by atoms with van der Waals surface area (Å²) in [6.45, 7) is 3.86. The van der Waals surface area contributed by atoms with Gasteiger partial charge in [-0.3, -0.25) is 0 Å². The predicted octanol–water partition coefficient (Wildman–Crippen LogP) is 7.36. The number of carboxylic acid groups (broad SMARTS) is 1. The van der Waals surface area contributed by atoms with E-state index >= 15 is 0 Å². The van der Waals surface area contributed by atoms with Crippen molar-refractivity contribution in [1.29, 1.82) is 0 Å². The van der Waals surface area contributed by atoms with E-state index in [1.165, 1.54) is 22.2 Å². The molecular formula is C31H24ClNO4S. The first kappa shape index (κ1) is 25.5. The number of fused-ring (bicyclic) bond motifs is 1. The minimum atomic E-state index is -3.99. The van der Waals surface area contributed by atoms with Gasteiger partial charge in [0, 0.05) is 22.5 Å². The van der Waals surface area contributed by atoms with E-state index in [-0.39, 0.29) is 12.0 Å². The van der Waals surface area contributed by atoms with E-state index in [0.717, 1.165) is 16.7 Å². The van der Waals surface area contributed by atoms with Crippen LogP contribution in [0.2, 0.25) is 5.02 Å². The molecule has 5 nitrogen and oxygen atoms in total. The van der Waals surface area contributed by atoms with Gasteiger partial charge >= 0.3 is 5.97 Å². The monoisotopic (exact) mass is 541 g/mol. The second-order valence-electron chi connectivity index (χ2n) is 8.97. The second kappa shape index (κ2) is 10.3. The van der Waals surface area contributed by atoms with Crippen LogP contribution < -0.4 is 0 Å². The van der Waals surface area contributed by atoms with Crippen LogP contribution in [0.1, 0.15) is 32.4 Å². The van der Waals surface area contributed by atoms with Crippen molar-refractivity contribution in [2.75, 3.05) is 0 Å². The highest BCUT2D eigenvalue weighted by Crippen LogP contribution is 2.34. The third-order valence-corrected chi connectivity index (χ3v) is 8.79. The van der Waals surface area contributed by atoms with Crippen LogP contribution in [0, 0.1) is 0 Å². The highest BCUT2D eigenvalue weighted by atomic mass is 35.5. The minimum Gasteiger partial charge on any atom is -0.478 e. The number of carboxylic acids is 1. The molecule has 1 atom stereocenters. The number of aromatic nitrogens is 1. The molecule has 0 amide bonds. The fourth-order valence-electron chi connectivity index (χ4n) is 4.66. The maximum Gasteiger partial charge on any atom is 0.335 e. The zero-order chi connectivity index (χ0) is 26.9. The lowest BCUT2D eigenvalue weighted by molar-refractivity contribution is 0.0697. The van der Waals surface area contributed by atoms with E-state index in [1.807, 2.05) is 60.7 Å². The van der Waals surface area contributed by atoms with E-state index in [0.29, 0.717) is 27.2 Å². The molecule has 5 aromatic rings. The van der Waals surface area contributed by atoms with Crippen molar-refractivity contribution >= 4 is 38.5 Å². The summed E-state index contributed by atoms with van der Waals surface area (Å²) in [4.78, 5) is 11.2. The number of aromatic carboxylic acids is 1. The summed E-state index contributed by atoms with van der Waals surface area (Å²) in [6, 6.07) is 30.6. The zero-order valence-corrected chi connectivity index (χ0v) is 21.9. The Labute approximate surface area is 226 Å². The van der Waals surface area contributed by atoms with Crippen molar-refractivity contribution in [3.63, 3.8) is 0 Å². The first-order valence-corrected chi connectivity index (χ1v) is 13.8. The summed E-state index contributed by atoms with van der Waals surface area (Å²) in [5.41, 5.74) is 4.63. The van der Waals surface area contributed by atoms with Crippen LogP contribution in [0.15, 0.2) is 116 Å². The SMILES string of the molecule is C=CC(c1ccc(-c2ccccc2)cc1)S(=O)(=O)n1c(Cc2ccc(C(=O)O)cc2)cc2cc(Cl)ccc21. The number of nitrogens with zero attached hydrogens (tertiary/aromatic N) is 1. The predicted molar refractivity (Wildman–Crippen MR) is 152 cm³/mol. The maximum atomic E-state index is 14.2. The van der Waals surface area contributed by atoms with Gasteiger partial charge in [0.05, 0.1) is 11.1 Å². The summed E-state index contributed by atoms with van der Waals surface area (Å²) in [7, 11) is -3.99. The highest BCUT2D eigenvalue weighted by Gasteiger charge is 2.30. The van der Waals surface area contributed by atoms with Gasteiger partial charge in [0.25, 0.3) is 0 Å². The van der Waals surface area contributed by atoms with Gasteiger partial charge in [-0.25, -0.2) is 17.2 Å². The summed E-state index contributed by atoms with van der Waals surface area (Å²) in [6.07, 6.45) is 1.72. The molecule has 0 fully saturated rings. The van der Waals surface area contributed by atoms with Crippen molar-refractivity contribution in [1.82, 2.24) is 3.97 Å². The molecular weight excluding hydrogens is 518 g/mol. The highest BCUT2D eigenvalue weighted by molar-refractivity contribution is 7.90. The molecule has 1 aromatic heterocycles. The topological polar surface area (TPSA) is 76.4 Å². The number of benzene rings is 4. The van der Waals surface area contributed by atoms with Gasteiger partial charge in [0.2, 0.25) is 10.0 Å². The van der Waals surface area contributed by atoms with E-state index in [2.05, 4.69) is 6.58 Å². The van der Waals surface area contributed by atoms with Crippen molar-refractivity contribution in [2.24, 2.45) is 0 Å².